The largest absolute Gasteiger partial charge is 0.465 e. The van der Waals surface area contributed by atoms with Crippen molar-refractivity contribution in [2.75, 3.05) is 32.1 Å². The number of morpholine rings is 1. The van der Waals surface area contributed by atoms with Gasteiger partial charge in [-0.3, -0.25) is 9.69 Å². The number of methoxy groups -OCH3 is 1. The number of ether oxygens (including phenoxy) is 2. The minimum absolute atomic E-state index is 0.0723. The monoisotopic (exact) mass is 422 g/mol. The molecule has 8 heteroatoms. The molecule has 2 atom stereocenters. The van der Waals surface area contributed by atoms with E-state index in [-0.39, 0.29) is 30.2 Å². The highest BCUT2D eigenvalue weighted by Crippen LogP contribution is 2.43. The Morgan fingerprint density at radius 1 is 1.25 bits per heavy atom. The van der Waals surface area contributed by atoms with Gasteiger partial charge >= 0.3 is 5.97 Å². The number of nitrogens with one attached hydrogen (secondary N) is 1. The molecular formula is C20H23ClN2O4S. The Morgan fingerprint density at radius 3 is 2.50 bits per heavy atom. The zero-order chi connectivity index (χ0) is 20.3. The molecule has 0 radical (unpaired) electrons. The molecule has 1 aliphatic heterocycles. The number of carbonyl (C=O) groups is 2. The molecular weight excluding hydrogens is 400 g/mol. The van der Waals surface area contributed by atoms with E-state index in [4.69, 9.17) is 21.1 Å². The van der Waals surface area contributed by atoms with E-state index in [1.54, 1.807) is 0 Å². The lowest BCUT2D eigenvalue weighted by molar-refractivity contribution is -0.121. The number of carbonyl (C=O) groups excluding carboxylic acids is 2. The van der Waals surface area contributed by atoms with Gasteiger partial charge in [-0.05, 0) is 19.4 Å². The Morgan fingerprint density at radius 2 is 1.89 bits per heavy atom. The molecule has 1 saturated heterocycles. The summed E-state index contributed by atoms with van der Waals surface area (Å²) in [6.45, 7) is 5.56. The summed E-state index contributed by atoms with van der Waals surface area (Å²) in [5.41, 5.74) is 1.64. The second kappa shape index (κ2) is 9.05. The van der Waals surface area contributed by atoms with Crippen LogP contribution in [0, 0.1) is 0 Å². The predicted molar refractivity (Wildman–Crippen MR) is 111 cm³/mol. The van der Waals surface area contributed by atoms with Crippen molar-refractivity contribution in [3.8, 4) is 11.1 Å². The van der Waals surface area contributed by atoms with Gasteiger partial charge in [0.2, 0.25) is 5.91 Å². The van der Waals surface area contributed by atoms with Gasteiger partial charge < -0.3 is 14.8 Å². The molecule has 2 heterocycles. The van der Waals surface area contributed by atoms with Crippen molar-refractivity contribution < 1.29 is 19.1 Å². The molecule has 1 aliphatic rings. The van der Waals surface area contributed by atoms with Crippen molar-refractivity contribution in [3.63, 3.8) is 0 Å². The van der Waals surface area contributed by atoms with Crippen LogP contribution >= 0.6 is 22.9 Å². The SMILES string of the molecule is COC(=O)c1c(NC(=O)CN2C[C@@H](C)O[C@H](C)C2)sc(Cl)c1-c1ccccc1. The maximum absolute atomic E-state index is 12.6. The van der Waals surface area contributed by atoms with Crippen molar-refractivity contribution in [2.45, 2.75) is 26.1 Å². The van der Waals surface area contributed by atoms with Crippen molar-refractivity contribution >= 4 is 39.8 Å². The first-order chi connectivity index (χ1) is 13.4. The molecule has 1 amide bonds. The molecule has 0 aliphatic carbocycles. The normalized spacial score (nSPS) is 20.0. The summed E-state index contributed by atoms with van der Waals surface area (Å²) in [5, 5.41) is 3.24. The van der Waals surface area contributed by atoms with E-state index in [0.29, 0.717) is 28.0 Å². The van der Waals surface area contributed by atoms with Crippen LogP contribution in [0.2, 0.25) is 4.34 Å². The minimum atomic E-state index is -0.536. The highest BCUT2D eigenvalue weighted by Gasteiger charge is 2.28. The highest BCUT2D eigenvalue weighted by atomic mass is 35.5. The fourth-order valence-electron chi connectivity index (χ4n) is 3.43. The van der Waals surface area contributed by atoms with Crippen LogP contribution in [0.4, 0.5) is 5.00 Å². The second-order valence-electron chi connectivity index (χ2n) is 6.81. The smallest absolute Gasteiger partial charge is 0.341 e. The summed E-state index contributed by atoms with van der Waals surface area (Å²) >= 11 is 7.59. The van der Waals surface area contributed by atoms with Gasteiger partial charge in [-0.15, -0.1) is 11.3 Å². The van der Waals surface area contributed by atoms with Gasteiger partial charge in [0.05, 0.1) is 25.9 Å². The maximum Gasteiger partial charge on any atom is 0.341 e. The number of benzene rings is 1. The molecule has 28 heavy (non-hydrogen) atoms. The molecule has 0 bridgehead atoms. The van der Waals surface area contributed by atoms with Crippen molar-refractivity contribution in [2.24, 2.45) is 0 Å². The van der Waals surface area contributed by atoms with Gasteiger partial charge in [-0.1, -0.05) is 41.9 Å². The molecule has 0 unspecified atom stereocenters. The molecule has 0 spiro atoms. The number of hydrogen-bond donors (Lipinski definition) is 1. The average molecular weight is 423 g/mol. The molecule has 1 fully saturated rings. The first-order valence-electron chi connectivity index (χ1n) is 9.02. The van der Waals surface area contributed by atoms with Gasteiger partial charge in [0.25, 0.3) is 0 Å². The third-order valence-corrected chi connectivity index (χ3v) is 5.75. The summed E-state index contributed by atoms with van der Waals surface area (Å²) in [7, 11) is 1.31. The fraction of sp³-hybridized carbons (Fsp3) is 0.400. The third kappa shape index (κ3) is 4.72. The van der Waals surface area contributed by atoms with Crippen LogP contribution in [-0.4, -0.2) is 55.7 Å². The lowest BCUT2D eigenvalue weighted by atomic mass is 10.0. The van der Waals surface area contributed by atoms with Crippen molar-refractivity contribution in [1.29, 1.82) is 0 Å². The molecule has 1 N–H and O–H groups in total. The van der Waals surface area contributed by atoms with Crippen LogP contribution in [-0.2, 0) is 14.3 Å². The Labute approximate surface area is 173 Å². The van der Waals surface area contributed by atoms with Gasteiger partial charge in [0.1, 0.15) is 14.9 Å². The lowest BCUT2D eigenvalue weighted by Crippen LogP contribution is -2.48. The molecule has 150 valence electrons. The Kier molecular flexibility index (Phi) is 6.72. The van der Waals surface area contributed by atoms with E-state index in [1.165, 1.54) is 7.11 Å². The number of esters is 1. The Bertz CT molecular complexity index is 845. The van der Waals surface area contributed by atoms with Crippen molar-refractivity contribution in [1.82, 2.24) is 4.90 Å². The first-order valence-corrected chi connectivity index (χ1v) is 10.2. The zero-order valence-electron chi connectivity index (χ0n) is 16.0. The van der Waals surface area contributed by atoms with E-state index in [9.17, 15) is 9.59 Å². The third-order valence-electron chi connectivity index (χ3n) is 4.43. The summed E-state index contributed by atoms with van der Waals surface area (Å²) in [6.07, 6.45) is 0.145. The fourth-order valence-corrected chi connectivity index (χ4v) is 4.82. The number of thiophene rings is 1. The quantitative estimate of drug-likeness (QED) is 0.740. The van der Waals surface area contributed by atoms with Crippen LogP contribution in [0.3, 0.4) is 0 Å². The molecule has 0 saturated carbocycles. The first kappa shape index (κ1) is 20.8. The molecule has 1 aromatic heterocycles. The van der Waals surface area contributed by atoms with Gasteiger partial charge in [0, 0.05) is 18.7 Å². The highest BCUT2D eigenvalue weighted by molar-refractivity contribution is 7.21. The van der Waals surface area contributed by atoms with Gasteiger partial charge in [-0.25, -0.2) is 4.79 Å². The molecule has 2 aromatic rings. The van der Waals surface area contributed by atoms with Crippen LogP contribution < -0.4 is 5.32 Å². The minimum Gasteiger partial charge on any atom is -0.465 e. The van der Waals surface area contributed by atoms with E-state index >= 15 is 0 Å². The standard InChI is InChI=1S/C20H23ClN2O4S/c1-12-9-23(10-13(2)27-12)11-15(24)22-19-17(20(25)26-3)16(18(21)28-19)14-7-5-4-6-8-14/h4-8,12-13H,9-11H2,1-3H3,(H,22,24)/t12-,13-/m1/s1. The summed E-state index contributed by atoms with van der Waals surface area (Å²) in [4.78, 5) is 27.1. The summed E-state index contributed by atoms with van der Waals surface area (Å²) in [5.74, 6) is -0.741. The van der Waals surface area contributed by atoms with Crippen LogP contribution in [0.5, 0.6) is 0 Å². The topological polar surface area (TPSA) is 67.9 Å². The zero-order valence-corrected chi connectivity index (χ0v) is 17.6. The lowest BCUT2D eigenvalue weighted by Gasteiger charge is -2.34. The number of halogens is 1. The molecule has 1 aromatic carbocycles. The van der Waals surface area contributed by atoms with E-state index < -0.39 is 5.97 Å². The average Bonchev–Trinajstić information content (AvgIpc) is 2.96. The van der Waals surface area contributed by atoms with Gasteiger partial charge in [-0.2, -0.15) is 0 Å². The number of rotatable bonds is 5. The van der Waals surface area contributed by atoms with E-state index in [2.05, 4.69) is 5.32 Å². The van der Waals surface area contributed by atoms with Crippen LogP contribution in [0.15, 0.2) is 30.3 Å². The second-order valence-corrected chi connectivity index (χ2v) is 8.43. The van der Waals surface area contributed by atoms with Crippen LogP contribution in [0.25, 0.3) is 11.1 Å². The number of amides is 1. The number of nitrogens with zero attached hydrogens (tertiary/aromatic N) is 1. The van der Waals surface area contributed by atoms with E-state index in [1.807, 2.05) is 49.1 Å². The molecule has 3 rings (SSSR count). The molecule has 6 nitrogen and oxygen atoms in total. The number of anilines is 1. The Balaban J connectivity index is 1.83. The van der Waals surface area contributed by atoms with Crippen LogP contribution in [0.1, 0.15) is 24.2 Å². The Hall–Kier alpha value is -1.93. The predicted octanol–water partition coefficient (Wildman–Crippen LogP) is 3.90. The van der Waals surface area contributed by atoms with Gasteiger partial charge in [0.15, 0.2) is 0 Å². The maximum atomic E-state index is 12.6. The number of hydrogen-bond acceptors (Lipinski definition) is 6. The van der Waals surface area contributed by atoms with E-state index in [0.717, 1.165) is 16.9 Å². The summed E-state index contributed by atoms with van der Waals surface area (Å²) < 4.78 is 11.1. The summed E-state index contributed by atoms with van der Waals surface area (Å²) in [6, 6.07) is 9.34. The van der Waals surface area contributed by atoms with Crippen molar-refractivity contribution in [3.05, 3.63) is 40.2 Å².